The third-order valence-electron chi connectivity index (χ3n) is 2.59. The second-order valence-electron chi connectivity index (χ2n) is 3.90. The van der Waals surface area contributed by atoms with E-state index >= 15 is 0 Å². The van der Waals surface area contributed by atoms with Crippen LogP contribution in [-0.2, 0) is 6.42 Å². The highest BCUT2D eigenvalue weighted by molar-refractivity contribution is 7.12. The van der Waals surface area contributed by atoms with E-state index in [2.05, 4.69) is 19.9 Å². The third-order valence-corrected chi connectivity index (χ3v) is 3.60. The van der Waals surface area contributed by atoms with Gasteiger partial charge < -0.3 is 0 Å². The third kappa shape index (κ3) is 2.39. The molecule has 0 aliphatic heterocycles. The molecule has 1 aromatic carbocycles. The first kappa shape index (κ1) is 11.1. The number of thiophene rings is 1. The molecule has 1 aromatic heterocycles. The molecule has 0 aliphatic rings. The van der Waals surface area contributed by atoms with Gasteiger partial charge in [-0.1, -0.05) is 30.3 Å². The highest BCUT2D eigenvalue weighted by Crippen LogP contribution is 2.22. The lowest BCUT2D eigenvalue weighted by molar-refractivity contribution is 0.0993. The van der Waals surface area contributed by atoms with Gasteiger partial charge in [0.05, 0.1) is 0 Å². The number of carbonyl (C=O) groups excluding carboxylic acids is 1. The summed E-state index contributed by atoms with van der Waals surface area (Å²) in [6, 6.07) is 11.6. The molecule has 2 aromatic rings. The number of hydrogen-bond acceptors (Lipinski definition) is 2. The van der Waals surface area contributed by atoms with Gasteiger partial charge in [-0.2, -0.15) is 0 Å². The van der Waals surface area contributed by atoms with E-state index in [9.17, 15) is 4.79 Å². The molecule has 0 bridgehead atoms. The summed E-state index contributed by atoms with van der Waals surface area (Å²) in [6.45, 7) is 4.15. The average Bonchev–Trinajstić information content (AvgIpc) is 2.59. The van der Waals surface area contributed by atoms with Crippen LogP contribution in [0, 0.1) is 13.8 Å². The summed E-state index contributed by atoms with van der Waals surface area (Å²) < 4.78 is 0. The quantitative estimate of drug-likeness (QED) is 0.733. The Morgan fingerprint density at radius 2 is 1.88 bits per heavy atom. The minimum Gasteiger partial charge on any atom is -0.294 e. The largest absolute Gasteiger partial charge is 0.294 e. The lowest BCUT2D eigenvalue weighted by atomic mass is 10.0. The van der Waals surface area contributed by atoms with E-state index in [4.69, 9.17) is 0 Å². The van der Waals surface area contributed by atoms with Crippen LogP contribution in [0.1, 0.15) is 25.7 Å². The maximum absolute atomic E-state index is 12.0. The van der Waals surface area contributed by atoms with Crippen molar-refractivity contribution in [2.75, 3.05) is 0 Å². The fourth-order valence-electron chi connectivity index (χ4n) is 1.76. The van der Waals surface area contributed by atoms with Gasteiger partial charge in [0, 0.05) is 21.7 Å². The van der Waals surface area contributed by atoms with Gasteiger partial charge in [0.1, 0.15) is 0 Å². The predicted octanol–water partition coefficient (Wildman–Crippen LogP) is 3.79. The molecule has 0 aliphatic carbocycles. The average molecular weight is 230 g/mol. The van der Waals surface area contributed by atoms with Crippen LogP contribution < -0.4 is 0 Å². The molecule has 0 saturated heterocycles. The molecule has 82 valence electrons. The van der Waals surface area contributed by atoms with Crippen LogP contribution in [0.25, 0.3) is 0 Å². The Hall–Kier alpha value is -1.41. The number of ketones is 1. The zero-order chi connectivity index (χ0) is 11.5. The first-order valence-electron chi connectivity index (χ1n) is 5.31. The summed E-state index contributed by atoms with van der Waals surface area (Å²) in [7, 11) is 0. The topological polar surface area (TPSA) is 17.1 Å². The summed E-state index contributed by atoms with van der Waals surface area (Å²) in [5.41, 5.74) is 1.96. The van der Waals surface area contributed by atoms with Gasteiger partial charge in [-0.25, -0.2) is 0 Å². The SMILES string of the molecule is Cc1cc(CC(=O)c2ccccc2)c(C)s1. The van der Waals surface area contributed by atoms with Crippen LogP contribution in [0.5, 0.6) is 0 Å². The maximum Gasteiger partial charge on any atom is 0.167 e. The molecule has 0 saturated carbocycles. The first-order valence-corrected chi connectivity index (χ1v) is 6.12. The van der Waals surface area contributed by atoms with E-state index in [0.29, 0.717) is 6.42 Å². The highest BCUT2D eigenvalue weighted by Gasteiger charge is 2.10. The van der Waals surface area contributed by atoms with E-state index in [1.54, 1.807) is 11.3 Å². The van der Waals surface area contributed by atoms with Crippen molar-refractivity contribution in [3.05, 3.63) is 57.3 Å². The van der Waals surface area contributed by atoms with Crippen LogP contribution in [0.4, 0.5) is 0 Å². The molecule has 0 spiro atoms. The second-order valence-corrected chi connectivity index (χ2v) is 5.36. The van der Waals surface area contributed by atoms with E-state index in [1.807, 2.05) is 30.3 Å². The van der Waals surface area contributed by atoms with Crippen LogP contribution >= 0.6 is 11.3 Å². The molecule has 0 radical (unpaired) electrons. The number of aryl methyl sites for hydroxylation is 2. The molecule has 1 heterocycles. The van der Waals surface area contributed by atoms with E-state index in [-0.39, 0.29) is 5.78 Å². The molecule has 2 rings (SSSR count). The Kier molecular flexibility index (Phi) is 3.20. The zero-order valence-electron chi connectivity index (χ0n) is 9.49. The smallest absolute Gasteiger partial charge is 0.167 e. The summed E-state index contributed by atoms with van der Waals surface area (Å²) in [4.78, 5) is 14.5. The lowest BCUT2D eigenvalue weighted by Crippen LogP contribution is -2.03. The van der Waals surface area contributed by atoms with Crippen molar-refractivity contribution in [1.82, 2.24) is 0 Å². The van der Waals surface area contributed by atoms with Crippen molar-refractivity contribution >= 4 is 17.1 Å². The Labute approximate surface area is 99.8 Å². The monoisotopic (exact) mass is 230 g/mol. The lowest BCUT2D eigenvalue weighted by Gasteiger charge is -2.00. The van der Waals surface area contributed by atoms with Crippen LogP contribution in [-0.4, -0.2) is 5.78 Å². The molecular formula is C14H14OS. The standard InChI is InChI=1S/C14H14OS/c1-10-8-13(11(2)16-10)9-14(15)12-6-4-3-5-7-12/h3-8H,9H2,1-2H3. The predicted molar refractivity (Wildman–Crippen MR) is 68.3 cm³/mol. The van der Waals surface area contributed by atoms with E-state index < -0.39 is 0 Å². The minimum atomic E-state index is 0.196. The number of rotatable bonds is 3. The van der Waals surface area contributed by atoms with Crippen molar-refractivity contribution < 1.29 is 4.79 Å². The van der Waals surface area contributed by atoms with Gasteiger partial charge in [-0.3, -0.25) is 4.79 Å². The van der Waals surface area contributed by atoms with E-state index in [1.165, 1.54) is 9.75 Å². The number of hydrogen-bond donors (Lipinski definition) is 0. The summed E-state index contributed by atoms with van der Waals surface area (Å²) in [5.74, 6) is 0.196. The molecule has 0 N–H and O–H groups in total. The van der Waals surface area contributed by atoms with Crippen molar-refractivity contribution in [1.29, 1.82) is 0 Å². The molecule has 2 heteroatoms. The molecule has 0 unspecified atom stereocenters. The summed E-state index contributed by atoms with van der Waals surface area (Å²) in [6.07, 6.45) is 0.514. The maximum atomic E-state index is 12.0. The minimum absolute atomic E-state index is 0.196. The molecule has 0 atom stereocenters. The van der Waals surface area contributed by atoms with Gasteiger partial charge >= 0.3 is 0 Å². The Bertz CT molecular complexity index is 497. The van der Waals surface area contributed by atoms with Gasteiger partial charge in [0.25, 0.3) is 0 Å². The number of carbonyl (C=O) groups is 1. The van der Waals surface area contributed by atoms with Crippen LogP contribution in [0.2, 0.25) is 0 Å². The molecule has 0 fully saturated rings. The van der Waals surface area contributed by atoms with Gasteiger partial charge in [0.15, 0.2) is 5.78 Å². The Morgan fingerprint density at radius 3 is 2.44 bits per heavy atom. The van der Waals surface area contributed by atoms with Crippen molar-refractivity contribution in [3.8, 4) is 0 Å². The van der Waals surface area contributed by atoms with Crippen molar-refractivity contribution in [3.63, 3.8) is 0 Å². The van der Waals surface area contributed by atoms with Crippen molar-refractivity contribution in [2.24, 2.45) is 0 Å². The highest BCUT2D eigenvalue weighted by atomic mass is 32.1. The summed E-state index contributed by atoms with van der Waals surface area (Å²) in [5, 5.41) is 0. The van der Waals surface area contributed by atoms with Gasteiger partial charge in [-0.05, 0) is 25.5 Å². The molecule has 16 heavy (non-hydrogen) atoms. The Balaban J connectivity index is 2.17. The normalized spacial score (nSPS) is 10.4. The number of benzene rings is 1. The molecule has 0 amide bonds. The van der Waals surface area contributed by atoms with Gasteiger partial charge in [-0.15, -0.1) is 11.3 Å². The number of Topliss-reactive ketones (excluding diaryl/α,β-unsaturated/α-hetero) is 1. The fraction of sp³-hybridized carbons (Fsp3) is 0.214. The van der Waals surface area contributed by atoms with Crippen molar-refractivity contribution in [2.45, 2.75) is 20.3 Å². The second kappa shape index (κ2) is 4.62. The molecule has 1 nitrogen and oxygen atoms in total. The van der Waals surface area contributed by atoms with E-state index in [0.717, 1.165) is 11.1 Å². The summed E-state index contributed by atoms with van der Waals surface area (Å²) >= 11 is 1.75. The van der Waals surface area contributed by atoms with Crippen LogP contribution in [0.15, 0.2) is 36.4 Å². The molecular weight excluding hydrogens is 216 g/mol. The fourth-order valence-corrected chi connectivity index (χ4v) is 2.70. The van der Waals surface area contributed by atoms with Crippen LogP contribution in [0.3, 0.4) is 0 Å². The zero-order valence-corrected chi connectivity index (χ0v) is 10.3. The van der Waals surface area contributed by atoms with Gasteiger partial charge in [0.2, 0.25) is 0 Å². The first-order chi connectivity index (χ1) is 7.66. The Morgan fingerprint density at radius 1 is 1.19 bits per heavy atom.